The van der Waals surface area contributed by atoms with Gasteiger partial charge in [0, 0.05) is 18.7 Å². The van der Waals surface area contributed by atoms with Gasteiger partial charge in [-0.1, -0.05) is 13.8 Å². The van der Waals surface area contributed by atoms with Gasteiger partial charge < -0.3 is 19.5 Å². The van der Waals surface area contributed by atoms with E-state index < -0.39 is 6.10 Å². The molecule has 0 saturated heterocycles. The standard InChI is InChI=1S/C17H23NO5/c1-4-22-14-9-12(10-20)8-13-16(14)23-15(11(2)3)17(21)18(13)6-5-7-19/h8-11,15,19H,4-7H2,1-3H3. The second-order valence-corrected chi connectivity index (χ2v) is 5.77. The molecule has 1 aliphatic rings. The van der Waals surface area contributed by atoms with Crippen LogP contribution in [0.15, 0.2) is 12.1 Å². The summed E-state index contributed by atoms with van der Waals surface area (Å²) in [6, 6.07) is 3.24. The Morgan fingerprint density at radius 2 is 2.17 bits per heavy atom. The van der Waals surface area contributed by atoms with Crippen molar-refractivity contribution in [3.05, 3.63) is 17.7 Å². The lowest BCUT2D eigenvalue weighted by atomic mass is 10.0. The van der Waals surface area contributed by atoms with E-state index in [0.717, 1.165) is 0 Å². The third-order valence-corrected chi connectivity index (χ3v) is 3.68. The number of amides is 1. The monoisotopic (exact) mass is 321 g/mol. The number of fused-ring (bicyclic) bond motifs is 1. The van der Waals surface area contributed by atoms with Crippen LogP contribution in [0.5, 0.6) is 11.5 Å². The molecule has 0 saturated carbocycles. The van der Waals surface area contributed by atoms with Crippen LogP contribution >= 0.6 is 0 Å². The zero-order valence-corrected chi connectivity index (χ0v) is 13.7. The smallest absolute Gasteiger partial charge is 0.268 e. The maximum absolute atomic E-state index is 12.7. The molecule has 6 nitrogen and oxygen atoms in total. The molecular formula is C17H23NO5. The van der Waals surface area contributed by atoms with Crippen molar-refractivity contribution in [2.75, 3.05) is 24.7 Å². The van der Waals surface area contributed by atoms with E-state index in [1.54, 1.807) is 17.0 Å². The predicted molar refractivity (Wildman–Crippen MR) is 86.3 cm³/mol. The van der Waals surface area contributed by atoms with Crippen LogP contribution in [0.3, 0.4) is 0 Å². The van der Waals surface area contributed by atoms with E-state index >= 15 is 0 Å². The Morgan fingerprint density at radius 1 is 1.43 bits per heavy atom. The Morgan fingerprint density at radius 3 is 2.74 bits per heavy atom. The topological polar surface area (TPSA) is 76.1 Å². The van der Waals surface area contributed by atoms with Crippen LogP contribution in [-0.4, -0.2) is 43.2 Å². The van der Waals surface area contributed by atoms with E-state index in [9.17, 15) is 9.59 Å². The first-order valence-electron chi connectivity index (χ1n) is 7.88. The minimum absolute atomic E-state index is 0.00694. The van der Waals surface area contributed by atoms with Gasteiger partial charge in [-0.05, 0) is 31.4 Å². The molecule has 2 rings (SSSR count). The summed E-state index contributed by atoms with van der Waals surface area (Å²) in [6.45, 7) is 6.45. The van der Waals surface area contributed by atoms with Gasteiger partial charge in [-0.25, -0.2) is 0 Å². The highest BCUT2D eigenvalue weighted by Gasteiger charge is 2.38. The molecule has 1 heterocycles. The molecule has 0 radical (unpaired) electrons. The van der Waals surface area contributed by atoms with Crippen LogP contribution < -0.4 is 14.4 Å². The second kappa shape index (κ2) is 7.46. The van der Waals surface area contributed by atoms with Crippen LogP contribution in [-0.2, 0) is 4.79 Å². The molecule has 6 heteroatoms. The molecule has 0 bridgehead atoms. The number of carbonyl (C=O) groups excluding carboxylic acids is 2. The second-order valence-electron chi connectivity index (χ2n) is 5.77. The maximum Gasteiger partial charge on any atom is 0.268 e. The summed E-state index contributed by atoms with van der Waals surface area (Å²) in [5.41, 5.74) is 0.939. The summed E-state index contributed by atoms with van der Waals surface area (Å²) in [7, 11) is 0. The number of nitrogens with zero attached hydrogens (tertiary/aromatic N) is 1. The van der Waals surface area contributed by atoms with Crippen LogP contribution in [0.4, 0.5) is 5.69 Å². The Balaban J connectivity index is 2.55. The van der Waals surface area contributed by atoms with Crippen LogP contribution in [0.2, 0.25) is 0 Å². The highest BCUT2D eigenvalue weighted by Crippen LogP contribution is 2.43. The van der Waals surface area contributed by atoms with Gasteiger partial charge in [-0.3, -0.25) is 9.59 Å². The van der Waals surface area contributed by atoms with Gasteiger partial charge in [0.2, 0.25) is 0 Å². The Kier molecular flexibility index (Phi) is 5.60. The largest absolute Gasteiger partial charge is 0.490 e. The van der Waals surface area contributed by atoms with Crippen molar-refractivity contribution in [3.63, 3.8) is 0 Å². The average molecular weight is 321 g/mol. The summed E-state index contributed by atoms with van der Waals surface area (Å²) in [5, 5.41) is 9.10. The summed E-state index contributed by atoms with van der Waals surface area (Å²) in [6.07, 6.45) is 0.555. The molecule has 1 amide bonds. The number of carbonyl (C=O) groups is 2. The maximum atomic E-state index is 12.7. The minimum Gasteiger partial charge on any atom is -0.490 e. The molecule has 1 aliphatic heterocycles. The summed E-state index contributed by atoms with van der Waals surface area (Å²) in [5.74, 6) is 0.770. The van der Waals surface area contributed by atoms with Crippen LogP contribution in [0.25, 0.3) is 0 Å². The average Bonchev–Trinajstić information content (AvgIpc) is 2.53. The van der Waals surface area contributed by atoms with Gasteiger partial charge in [0.15, 0.2) is 17.6 Å². The van der Waals surface area contributed by atoms with Crippen molar-refractivity contribution in [2.45, 2.75) is 33.3 Å². The SMILES string of the molecule is CCOc1cc(C=O)cc2c1OC(C(C)C)C(=O)N2CCCO. The molecule has 0 aliphatic carbocycles. The minimum atomic E-state index is -0.609. The lowest BCUT2D eigenvalue weighted by Crippen LogP contribution is -2.49. The van der Waals surface area contributed by atoms with E-state index in [4.69, 9.17) is 14.6 Å². The first-order valence-corrected chi connectivity index (χ1v) is 7.88. The zero-order valence-electron chi connectivity index (χ0n) is 13.7. The number of benzene rings is 1. The van der Waals surface area contributed by atoms with E-state index in [1.165, 1.54) is 0 Å². The fourth-order valence-corrected chi connectivity index (χ4v) is 2.59. The van der Waals surface area contributed by atoms with Crippen molar-refractivity contribution in [1.82, 2.24) is 0 Å². The normalized spacial score (nSPS) is 17.0. The third kappa shape index (κ3) is 3.47. The summed E-state index contributed by atoms with van der Waals surface area (Å²) in [4.78, 5) is 25.5. The molecular weight excluding hydrogens is 298 g/mol. The summed E-state index contributed by atoms with van der Waals surface area (Å²) >= 11 is 0. The fraction of sp³-hybridized carbons (Fsp3) is 0.529. The van der Waals surface area contributed by atoms with Crippen molar-refractivity contribution >= 4 is 17.9 Å². The highest BCUT2D eigenvalue weighted by atomic mass is 16.5. The number of anilines is 1. The Bertz CT molecular complexity index is 585. The van der Waals surface area contributed by atoms with Crippen molar-refractivity contribution in [2.24, 2.45) is 5.92 Å². The predicted octanol–water partition coefficient (Wildman–Crippen LogP) is 2.03. The van der Waals surface area contributed by atoms with Crippen molar-refractivity contribution < 1.29 is 24.2 Å². The first kappa shape index (κ1) is 17.3. The highest BCUT2D eigenvalue weighted by molar-refractivity contribution is 6.01. The number of hydrogen-bond acceptors (Lipinski definition) is 5. The lowest BCUT2D eigenvalue weighted by molar-refractivity contribution is -0.128. The first-order chi connectivity index (χ1) is 11.0. The number of rotatable bonds is 7. The Hall–Kier alpha value is -2.08. The van der Waals surface area contributed by atoms with Gasteiger partial charge in [-0.2, -0.15) is 0 Å². The number of aliphatic hydroxyl groups is 1. The molecule has 126 valence electrons. The van der Waals surface area contributed by atoms with E-state index in [0.29, 0.717) is 48.6 Å². The van der Waals surface area contributed by atoms with E-state index in [-0.39, 0.29) is 18.4 Å². The molecule has 0 spiro atoms. The third-order valence-electron chi connectivity index (χ3n) is 3.68. The van der Waals surface area contributed by atoms with Crippen LogP contribution in [0.1, 0.15) is 37.6 Å². The molecule has 1 atom stereocenters. The quantitative estimate of drug-likeness (QED) is 0.778. The van der Waals surface area contributed by atoms with Crippen molar-refractivity contribution in [3.8, 4) is 11.5 Å². The molecule has 0 fully saturated rings. The fourth-order valence-electron chi connectivity index (χ4n) is 2.59. The molecule has 1 aromatic carbocycles. The van der Waals surface area contributed by atoms with Gasteiger partial charge >= 0.3 is 0 Å². The van der Waals surface area contributed by atoms with Gasteiger partial charge in [0.1, 0.15) is 6.29 Å². The van der Waals surface area contributed by atoms with Gasteiger partial charge in [0.25, 0.3) is 5.91 Å². The van der Waals surface area contributed by atoms with E-state index in [1.807, 2.05) is 20.8 Å². The van der Waals surface area contributed by atoms with Gasteiger partial charge in [-0.15, -0.1) is 0 Å². The van der Waals surface area contributed by atoms with Gasteiger partial charge in [0.05, 0.1) is 12.3 Å². The Labute approximate surface area is 136 Å². The van der Waals surface area contributed by atoms with E-state index in [2.05, 4.69) is 0 Å². The molecule has 1 unspecified atom stereocenters. The number of ether oxygens (including phenoxy) is 2. The molecule has 0 aromatic heterocycles. The molecule has 23 heavy (non-hydrogen) atoms. The number of aliphatic hydroxyl groups excluding tert-OH is 1. The van der Waals surface area contributed by atoms with Crippen LogP contribution in [0, 0.1) is 5.92 Å². The summed E-state index contributed by atoms with van der Waals surface area (Å²) < 4.78 is 11.5. The molecule has 1 N–H and O–H groups in total. The van der Waals surface area contributed by atoms with Crippen molar-refractivity contribution in [1.29, 1.82) is 0 Å². The number of hydrogen-bond donors (Lipinski definition) is 1. The number of aldehydes is 1. The zero-order chi connectivity index (χ0) is 17.0. The molecule has 1 aromatic rings. The lowest BCUT2D eigenvalue weighted by Gasteiger charge is -2.36.